The smallest absolute Gasteiger partial charge is 0.328 e. The maximum absolute atomic E-state index is 11.8. The Kier molecular flexibility index (Phi) is 5.37. The first-order valence-corrected chi connectivity index (χ1v) is 5.64. The fourth-order valence-corrected chi connectivity index (χ4v) is 1.96. The van der Waals surface area contributed by atoms with E-state index in [-0.39, 0.29) is 18.9 Å². The minimum Gasteiger partial charge on any atom is -0.467 e. The Hall–Kier alpha value is -1.14. The van der Waals surface area contributed by atoms with Crippen LogP contribution in [0.15, 0.2) is 0 Å². The van der Waals surface area contributed by atoms with Crippen LogP contribution in [0.5, 0.6) is 0 Å². The summed E-state index contributed by atoms with van der Waals surface area (Å²) < 4.78 is 9.48. The van der Waals surface area contributed by atoms with E-state index < -0.39 is 18.1 Å². The van der Waals surface area contributed by atoms with E-state index in [1.807, 2.05) is 0 Å². The maximum Gasteiger partial charge on any atom is 0.328 e. The van der Waals surface area contributed by atoms with Gasteiger partial charge in [-0.3, -0.25) is 4.79 Å². The van der Waals surface area contributed by atoms with Gasteiger partial charge in [-0.05, 0) is 6.42 Å². The van der Waals surface area contributed by atoms with Crippen molar-refractivity contribution in [3.05, 3.63) is 0 Å². The van der Waals surface area contributed by atoms with Crippen LogP contribution in [0.1, 0.15) is 19.3 Å². The van der Waals surface area contributed by atoms with Gasteiger partial charge in [0, 0.05) is 33.1 Å². The van der Waals surface area contributed by atoms with Crippen molar-refractivity contribution in [3.8, 4) is 0 Å². The van der Waals surface area contributed by atoms with Crippen LogP contribution in [0, 0.1) is 0 Å². The molecule has 1 saturated heterocycles. The van der Waals surface area contributed by atoms with Gasteiger partial charge in [-0.1, -0.05) is 0 Å². The lowest BCUT2D eigenvalue weighted by Crippen LogP contribution is -2.41. The number of amides is 1. The summed E-state index contributed by atoms with van der Waals surface area (Å²) in [5, 5.41) is 9.51. The van der Waals surface area contributed by atoms with Crippen LogP contribution in [0.3, 0.4) is 0 Å². The van der Waals surface area contributed by atoms with E-state index in [0.717, 1.165) is 0 Å². The number of β-amino-alcohol motifs (C(OH)–C–C–N with tert-alkyl or cyclic N) is 1. The molecule has 1 amide bonds. The van der Waals surface area contributed by atoms with Crippen molar-refractivity contribution in [2.24, 2.45) is 0 Å². The summed E-state index contributed by atoms with van der Waals surface area (Å²) in [6.07, 6.45) is 0.525. The van der Waals surface area contributed by atoms with Gasteiger partial charge in [-0.15, -0.1) is 0 Å². The first-order valence-electron chi connectivity index (χ1n) is 5.64. The minimum absolute atomic E-state index is 0.144. The summed E-state index contributed by atoms with van der Waals surface area (Å²) in [7, 11) is 2.85. The fraction of sp³-hybridized carbons (Fsp3) is 0.818. The van der Waals surface area contributed by atoms with Crippen molar-refractivity contribution < 1.29 is 24.2 Å². The number of likely N-dealkylation sites (tertiary alicyclic amines) is 1. The van der Waals surface area contributed by atoms with E-state index in [4.69, 9.17) is 4.74 Å². The molecule has 0 aliphatic carbocycles. The molecule has 0 bridgehead atoms. The topological polar surface area (TPSA) is 76.1 Å². The third kappa shape index (κ3) is 3.67. The van der Waals surface area contributed by atoms with Crippen LogP contribution < -0.4 is 0 Å². The van der Waals surface area contributed by atoms with Gasteiger partial charge in [0.1, 0.15) is 6.04 Å². The molecule has 1 N–H and O–H groups in total. The lowest BCUT2D eigenvalue weighted by molar-refractivity contribution is -0.151. The van der Waals surface area contributed by atoms with Crippen molar-refractivity contribution in [1.82, 2.24) is 4.90 Å². The van der Waals surface area contributed by atoms with Crippen LogP contribution in [-0.4, -0.2) is 61.4 Å². The van der Waals surface area contributed by atoms with E-state index in [2.05, 4.69) is 4.74 Å². The Labute approximate surface area is 100 Å². The highest BCUT2D eigenvalue weighted by Crippen LogP contribution is 2.20. The number of aliphatic hydroxyl groups excluding tert-OH is 1. The van der Waals surface area contributed by atoms with Gasteiger partial charge in [0.15, 0.2) is 0 Å². The Morgan fingerprint density at radius 2 is 2.12 bits per heavy atom. The van der Waals surface area contributed by atoms with Crippen molar-refractivity contribution in [1.29, 1.82) is 0 Å². The molecule has 1 heterocycles. The van der Waals surface area contributed by atoms with Gasteiger partial charge >= 0.3 is 5.97 Å². The Bertz CT molecular complexity index is 281. The fourth-order valence-electron chi connectivity index (χ4n) is 1.96. The van der Waals surface area contributed by atoms with Crippen molar-refractivity contribution in [2.45, 2.75) is 31.4 Å². The normalized spacial score (nSPS) is 23.8. The molecule has 17 heavy (non-hydrogen) atoms. The lowest BCUT2D eigenvalue weighted by Gasteiger charge is -2.22. The van der Waals surface area contributed by atoms with E-state index in [1.165, 1.54) is 12.0 Å². The molecular weight excluding hydrogens is 226 g/mol. The largest absolute Gasteiger partial charge is 0.467 e. The second-order valence-corrected chi connectivity index (χ2v) is 4.07. The predicted molar refractivity (Wildman–Crippen MR) is 59.3 cm³/mol. The molecule has 1 aliphatic rings. The number of esters is 1. The molecule has 0 aromatic carbocycles. The Balaban J connectivity index is 2.54. The monoisotopic (exact) mass is 245 g/mol. The maximum atomic E-state index is 11.8. The second kappa shape index (κ2) is 6.56. The highest BCUT2D eigenvalue weighted by molar-refractivity contribution is 5.85. The SMILES string of the molecule is COCCCC(=O)N1CC(O)CC1C(=O)OC. The van der Waals surface area contributed by atoms with Crippen molar-refractivity contribution >= 4 is 11.9 Å². The van der Waals surface area contributed by atoms with Gasteiger partial charge in [0.25, 0.3) is 0 Å². The van der Waals surface area contributed by atoms with E-state index in [1.54, 1.807) is 7.11 Å². The first-order chi connectivity index (χ1) is 8.10. The van der Waals surface area contributed by atoms with Crippen LogP contribution >= 0.6 is 0 Å². The van der Waals surface area contributed by atoms with Gasteiger partial charge in [0.2, 0.25) is 5.91 Å². The molecule has 6 nitrogen and oxygen atoms in total. The molecule has 0 radical (unpaired) electrons. The van der Waals surface area contributed by atoms with E-state index in [0.29, 0.717) is 19.4 Å². The van der Waals surface area contributed by atoms with Crippen LogP contribution in [0.4, 0.5) is 0 Å². The zero-order valence-corrected chi connectivity index (χ0v) is 10.2. The summed E-state index contributed by atoms with van der Waals surface area (Å²) in [4.78, 5) is 24.7. The Morgan fingerprint density at radius 1 is 1.41 bits per heavy atom. The summed E-state index contributed by atoms with van der Waals surface area (Å²) in [5.74, 6) is -0.615. The highest BCUT2D eigenvalue weighted by atomic mass is 16.5. The summed E-state index contributed by atoms with van der Waals surface area (Å²) >= 11 is 0. The molecule has 1 aliphatic heterocycles. The highest BCUT2D eigenvalue weighted by Gasteiger charge is 2.39. The third-order valence-corrected chi connectivity index (χ3v) is 2.81. The number of hydrogen-bond donors (Lipinski definition) is 1. The third-order valence-electron chi connectivity index (χ3n) is 2.81. The quantitative estimate of drug-likeness (QED) is 0.524. The number of hydrogen-bond acceptors (Lipinski definition) is 5. The molecule has 2 atom stereocenters. The summed E-state index contributed by atoms with van der Waals surface area (Å²) in [6, 6.07) is -0.648. The Morgan fingerprint density at radius 3 is 2.71 bits per heavy atom. The molecule has 1 rings (SSSR count). The number of nitrogens with zero attached hydrogens (tertiary/aromatic N) is 1. The van der Waals surface area contributed by atoms with Crippen LogP contribution in [-0.2, 0) is 19.1 Å². The number of carbonyl (C=O) groups is 2. The number of carbonyl (C=O) groups excluding carboxylic acids is 2. The first kappa shape index (κ1) is 13.9. The standard InChI is InChI=1S/C11H19NO5/c1-16-5-3-4-10(14)12-7-8(13)6-9(12)11(15)17-2/h8-9,13H,3-7H2,1-2H3. The van der Waals surface area contributed by atoms with E-state index >= 15 is 0 Å². The zero-order chi connectivity index (χ0) is 12.8. The molecule has 2 unspecified atom stereocenters. The van der Waals surface area contributed by atoms with Crippen LogP contribution in [0.2, 0.25) is 0 Å². The van der Waals surface area contributed by atoms with Gasteiger partial charge in [-0.2, -0.15) is 0 Å². The average molecular weight is 245 g/mol. The molecular formula is C11H19NO5. The van der Waals surface area contributed by atoms with Gasteiger partial charge in [0.05, 0.1) is 13.2 Å². The number of rotatable bonds is 5. The predicted octanol–water partition coefficient (Wildman–Crippen LogP) is -0.452. The molecule has 0 aromatic heterocycles. The molecule has 98 valence electrons. The number of ether oxygens (including phenoxy) is 2. The number of methoxy groups -OCH3 is 2. The average Bonchev–Trinajstić information content (AvgIpc) is 2.70. The minimum atomic E-state index is -0.648. The number of aliphatic hydroxyl groups is 1. The summed E-state index contributed by atoms with van der Waals surface area (Å²) in [5.41, 5.74) is 0. The summed E-state index contributed by atoms with van der Waals surface area (Å²) in [6.45, 7) is 0.705. The molecule has 6 heteroatoms. The van der Waals surface area contributed by atoms with E-state index in [9.17, 15) is 14.7 Å². The molecule has 0 spiro atoms. The zero-order valence-electron chi connectivity index (χ0n) is 10.2. The lowest BCUT2D eigenvalue weighted by atomic mass is 10.2. The molecule has 1 fully saturated rings. The van der Waals surface area contributed by atoms with Crippen molar-refractivity contribution in [3.63, 3.8) is 0 Å². The second-order valence-electron chi connectivity index (χ2n) is 4.07. The van der Waals surface area contributed by atoms with Crippen LogP contribution in [0.25, 0.3) is 0 Å². The molecule has 0 saturated carbocycles. The van der Waals surface area contributed by atoms with Crippen molar-refractivity contribution in [2.75, 3.05) is 27.4 Å². The molecule has 0 aromatic rings. The van der Waals surface area contributed by atoms with Gasteiger partial charge < -0.3 is 19.5 Å². The van der Waals surface area contributed by atoms with Gasteiger partial charge in [-0.25, -0.2) is 4.79 Å².